The van der Waals surface area contributed by atoms with E-state index in [0.29, 0.717) is 17.2 Å². The number of thiazole rings is 1. The van der Waals surface area contributed by atoms with Gasteiger partial charge < -0.3 is 4.74 Å². The van der Waals surface area contributed by atoms with Crippen LogP contribution < -0.4 is 5.32 Å². The standard InChI is InChI=1S/C25H24N4O3S/c1-2-12-29-13-11-19-17(14-29)23(16-7-3-4-8-18(16)26-19)24(31)32-15-22(30)28-25-27-20-9-5-6-10-21(20)33-25/h3-10H,2,11-15H2,1H3,(H,27,28,30). The first-order chi connectivity index (χ1) is 16.1. The molecule has 1 amide bonds. The number of anilines is 1. The molecule has 1 aliphatic heterocycles. The number of fused-ring (bicyclic) bond motifs is 3. The summed E-state index contributed by atoms with van der Waals surface area (Å²) < 4.78 is 6.47. The Morgan fingerprint density at radius 1 is 1.09 bits per heavy atom. The Labute approximate surface area is 195 Å². The fraction of sp³-hybridized carbons (Fsp3) is 0.280. The predicted molar refractivity (Wildman–Crippen MR) is 130 cm³/mol. The van der Waals surface area contributed by atoms with Gasteiger partial charge in [0.25, 0.3) is 5.91 Å². The van der Waals surface area contributed by atoms with Crippen LogP contribution in [0.2, 0.25) is 0 Å². The SMILES string of the molecule is CCCN1CCc2nc3ccccc3c(C(=O)OCC(=O)Nc3nc4ccccc4s3)c2C1. The molecule has 0 aliphatic carbocycles. The maximum atomic E-state index is 13.2. The molecular weight excluding hydrogens is 436 g/mol. The van der Waals surface area contributed by atoms with Crippen molar-refractivity contribution in [1.82, 2.24) is 14.9 Å². The molecule has 1 aliphatic rings. The van der Waals surface area contributed by atoms with Crippen molar-refractivity contribution in [3.05, 3.63) is 65.4 Å². The van der Waals surface area contributed by atoms with Gasteiger partial charge in [-0.3, -0.25) is 20.0 Å². The van der Waals surface area contributed by atoms with Crippen molar-refractivity contribution < 1.29 is 14.3 Å². The van der Waals surface area contributed by atoms with Crippen LogP contribution in [0, 0.1) is 0 Å². The average molecular weight is 461 g/mol. The molecule has 5 rings (SSSR count). The van der Waals surface area contributed by atoms with Gasteiger partial charge in [0.15, 0.2) is 11.7 Å². The summed E-state index contributed by atoms with van der Waals surface area (Å²) in [6.45, 7) is 4.31. The van der Waals surface area contributed by atoms with Crippen LogP contribution in [0.5, 0.6) is 0 Å². The van der Waals surface area contributed by atoms with E-state index < -0.39 is 11.9 Å². The molecular formula is C25H24N4O3S. The molecule has 3 heterocycles. The number of carbonyl (C=O) groups excluding carboxylic acids is 2. The number of nitrogens with one attached hydrogen (secondary N) is 1. The van der Waals surface area contributed by atoms with Crippen LogP contribution in [-0.4, -0.2) is 46.4 Å². The second-order valence-corrected chi connectivity index (χ2v) is 9.10. The van der Waals surface area contributed by atoms with Crippen molar-refractivity contribution in [1.29, 1.82) is 0 Å². The average Bonchev–Trinajstić information content (AvgIpc) is 3.23. The highest BCUT2D eigenvalue weighted by molar-refractivity contribution is 7.22. The van der Waals surface area contributed by atoms with Gasteiger partial charge in [0.05, 0.1) is 21.3 Å². The van der Waals surface area contributed by atoms with Crippen LogP contribution >= 0.6 is 11.3 Å². The predicted octanol–water partition coefficient (Wildman–Crippen LogP) is 4.41. The lowest BCUT2D eigenvalue weighted by atomic mass is 9.95. The minimum atomic E-state index is -0.498. The molecule has 8 heteroatoms. The number of esters is 1. The van der Waals surface area contributed by atoms with E-state index in [2.05, 4.69) is 22.1 Å². The van der Waals surface area contributed by atoms with E-state index in [1.54, 1.807) is 0 Å². The first-order valence-electron chi connectivity index (χ1n) is 11.1. The Bertz CT molecular complexity index is 1320. The minimum absolute atomic E-state index is 0.376. The molecule has 0 radical (unpaired) electrons. The second-order valence-electron chi connectivity index (χ2n) is 8.07. The van der Waals surface area contributed by atoms with Crippen molar-refractivity contribution in [3.63, 3.8) is 0 Å². The number of rotatable bonds is 6. The molecule has 168 valence electrons. The molecule has 0 saturated heterocycles. The molecule has 1 N–H and O–H groups in total. The topological polar surface area (TPSA) is 84.4 Å². The molecule has 7 nitrogen and oxygen atoms in total. The number of pyridine rings is 1. The maximum absolute atomic E-state index is 13.2. The molecule has 0 spiro atoms. The highest BCUT2D eigenvalue weighted by atomic mass is 32.1. The van der Waals surface area contributed by atoms with E-state index in [0.717, 1.165) is 58.3 Å². The number of para-hydroxylation sites is 2. The van der Waals surface area contributed by atoms with Gasteiger partial charge in [-0.25, -0.2) is 9.78 Å². The van der Waals surface area contributed by atoms with Gasteiger partial charge in [-0.1, -0.05) is 48.6 Å². The van der Waals surface area contributed by atoms with Crippen molar-refractivity contribution in [2.45, 2.75) is 26.3 Å². The van der Waals surface area contributed by atoms with Crippen molar-refractivity contribution in [3.8, 4) is 0 Å². The van der Waals surface area contributed by atoms with Crippen molar-refractivity contribution >= 4 is 49.5 Å². The quantitative estimate of drug-likeness (QED) is 0.429. The number of aromatic nitrogens is 2. The molecule has 0 fully saturated rings. The third kappa shape index (κ3) is 4.44. The van der Waals surface area contributed by atoms with Crippen LogP contribution in [0.3, 0.4) is 0 Å². The summed E-state index contributed by atoms with van der Waals surface area (Å²) in [5, 5.41) is 3.97. The molecule has 0 saturated carbocycles. The highest BCUT2D eigenvalue weighted by Gasteiger charge is 2.26. The van der Waals surface area contributed by atoms with Gasteiger partial charge in [0, 0.05) is 36.2 Å². The van der Waals surface area contributed by atoms with Crippen LogP contribution in [-0.2, 0) is 22.5 Å². The number of nitrogens with zero attached hydrogens (tertiary/aromatic N) is 3. The molecule has 0 unspecified atom stereocenters. The highest BCUT2D eigenvalue weighted by Crippen LogP contribution is 2.29. The lowest BCUT2D eigenvalue weighted by molar-refractivity contribution is -0.119. The Kier molecular flexibility index (Phi) is 6.02. The summed E-state index contributed by atoms with van der Waals surface area (Å²) >= 11 is 1.38. The first-order valence-corrected chi connectivity index (χ1v) is 11.9. The monoisotopic (exact) mass is 460 g/mol. The summed E-state index contributed by atoms with van der Waals surface area (Å²) in [7, 11) is 0. The van der Waals surface area contributed by atoms with Crippen molar-refractivity contribution in [2.24, 2.45) is 0 Å². The fourth-order valence-corrected chi connectivity index (χ4v) is 5.15. The van der Waals surface area contributed by atoms with E-state index in [1.165, 1.54) is 11.3 Å². The zero-order chi connectivity index (χ0) is 22.8. The number of hydrogen-bond donors (Lipinski definition) is 1. The lowest BCUT2D eigenvalue weighted by Gasteiger charge is -2.29. The third-order valence-corrected chi connectivity index (χ3v) is 6.70. The summed E-state index contributed by atoms with van der Waals surface area (Å²) in [5.74, 6) is -0.912. The number of ether oxygens (including phenoxy) is 1. The summed E-state index contributed by atoms with van der Waals surface area (Å²) in [4.78, 5) is 37.2. The lowest BCUT2D eigenvalue weighted by Crippen LogP contribution is -2.33. The zero-order valence-electron chi connectivity index (χ0n) is 18.3. The Morgan fingerprint density at radius 3 is 2.70 bits per heavy atom. The fourth-order valence-electron chi connectivity index (χ4n) is 4.27. The summed E-state index contributed by atoms with van der Waals surface area (Å²) in [6, 6.07) is 15.3. The molecule has 2 aromatic heterocycles. The number of carbonyl (C=O) groups is 2. The van der Waals surface area contributed by atoms with E-state index in [-0.39, 0.29) is 6.61 Å². The Morgan fingerprint density at radius 2 is 1.88 bits per heavy atom. The molecule has 4 aromatic rings. The van der Waals surface area contributed by atoms with Crippen LogP contribution in [0.4, 0.5) is 5.13 Å². The smallest absolute Gasteiger partial charge is 0.339 e. The largest absolute Gasteiger partial charge is 0.452 e. The third-order valence-electron chi connectivity index (χ3n) is 5.74. The van der Waals surface area contributed by atoms with Gasteiger partial charge in [-0.05, 0) is 31.2 Å². The van der Waals surface area contributed by atoms with Gasteiger partial charge in [0.1, 0.15) is 0 Å². The maximum Gasteiger partial charge on any atom is 0.339 e. The van der Waals surface area contributed by atoms with E-state index >= 15 is 0 Å². The summed E-state index contributed by atoms with van der Waals surface area (Å²) in [5.41, 5.74) is 3.95. The second kappa shape index (κ2) is 9.25. The Balaban J connectivity index is 1.36. The van der Waals surface area contributed by atoms with Crippen molar-refractivity contribution in [2.75, 3.05) is 25.0 Å². The van der Waals surface area contributed by atoms with E-state index in [1.807, 2.05) is 48.5 Å². The number of benzene rings is 2. The van der Waals surface area contributed by atoms with Gasteiger partial charge >= 0.3 is 5.97 Å². The number of hydrogen-bond acceptors (Lipinski definition) is 7. The van der Waals surface area contributed by atoms with E-state index in [9.17, 15) is 9.59 Å². The summed E-state index contributed by atoms with van der Waals surface area (Å²) in [6.07, 6.45) is 1.83. The molecule has 0 atom stereocenters. The van der Waals surface area contributed by atoms with E-state index in [4.69, 9.17) is 9.72 Å². The zero-order valence-corrected chi connectivity index (χ0v) is 19.2. The molecule has 33 heavy (non-hydrogen) atoms. The number of amides is 1. The first kappa shape index (κ1) is 21.5. The Hall–Kier alpha value is -3.36. The minimum Gasteiger partial charge on any atom is -0.452 e. The van der Waals surface area contributed by atoms with Crippen LogP contribution in [0.25, 0.3) is 21.1 Å². The van der Waals surface area contributed by atoms with Crippen LogP contribution in [0.15, 0.2) is 48.5 Å². The molecule has 0 bridgehead atoms. The normalized spacial score (nSPS) is 13.7. The molecule has 2 aromatic carbocycles. The van der Waals surface area contributed by atoms with Crippen LogP contribution in [0.1, 0.15) is 35.0 Å². The van der Waals surface area contributed by atoms with Gasteiger partial charge in [-0.2, -0.15) is 0 Å². The van der Waals surface area contributed by atoms with Gasteiger partial charge in [-0.15, -0.1) is 0 Å². The van der Waals surface area contributed by atoms with Gasteiger partial charge in [0.2, 0.25) is 0 Å².